The van der Waals surface area contributed by atoms with Crippen molar-refractivity contribution < 1.29 is 14.2 Å². The van der Waals surface area contributed by atoms with Crippen LogP contribution in [0.1, 0.15) is 20.3 Å². The van der Waals surface area contributed by atoms with Gasteiger partial charge in [-0.05, 0) is 26.0 Å². The van der Waals surface area contributed by atoms with Gasteiger partial charge in [0.05, 0.1) is 17.8 Å². The molecule has 4 nitrogen and oxygen atoms in total. The highest BCUT2D eigenvalue weighted by atomic mass is 35.5. The second-order valence-electron chi connectivity index (χ2n) is 3.90. The van der Waals surface area contributed by atoms with E-state index in [0.29, 0.717) is 18.2 Å². The van der Waals surface area contributed by atoms with Gasteiger partial charge in [0.1, 0.15) is 5.75 Å². The number of nitrogens with one attached hydrogen (secondary N) is 1. The molecular formula is C14H22ClNO3. The molecule has 0 atom stereocenters. The third-order valence-electron chi connectivity index (χ3n) is 2.57. The van der Waals surface area contributed by atoms with Crippen LogP contribution in [0.25, 0.3) is 0 Å². The van der Waals surface area contributed by atoms with Crippen LogP contribution in [0.3, 0.4) is 0 Å². The normalized spacial score (nSPS) is 10.8. The Morgan fingerprint density at radius 2 is 1.89 bits per heavy atom. The van der Waals surface area contributed by atoms with Gasteiger partial charge in [-0.1, -0.05) is 11.6 Å². The molecule has 0 spiro atoms. The first kappa shape index (κ1) is 16.1. The second kappa shape index (κ2) is 9.02. The lowest BCUT2D eigenvalue weighted by Gasteiger charge is -2.17. The van der Waals surface area contributed by atoms with Gasteiger partial charge in [0, 0.05) is 32.2 Å². The van der Waals surface area contributed by atoms with Crippen LogP contribution in [0, 0.1) is 0 Å². The second-order valence-corrected chi connectivity index (χ2v) is 4.31. The fourth-order valence-electron chi connectivity index (χ4n) is 1.68. The van der Waals surface area contributed by atoms with Gasteiger partial charge in [0.15, 0.2) is 6.29 Å². The number of rotatable bonds is 9. The zero-order chi connectivity index (χ0) is 14.1. The maximum absolute atomic E-state index is 6.11. The van der Waals surface area contributed by atoms with Crippen molar-refractivity contribution in [1.29, 1.82) is 0 Å². The summed E-state index contributed by atoms with van der Waals surface area (Å²) in [5.74, 6) is 0.776. The molecular weight excluding hydrogens is 266 g/mol. The lowest BCUT2D eigenvalue weighted by Crippen LogP contribution is -2.21. The number of ether oxygens (including phenoxy) is 3. The standard InChI is InChI=1S/C14H22ClNO3/c1-4-18-14(19-5-2)8-9-16-13-10-11(17-3)6-7-12(13)15/h6-7,10,14,16H,4-5,8-9H2,1-3H3. The minimum atomic E-state index is -0.174. The Balaban J connectivity index is 2.47. The van der Waals surface area contributed by atoms with Crippen LogP contribution in [0.2, 0.25) is 5.02 Å². The first-order valence-electron chi connectivity index (χ1n) is 6.51. The van der Waals surface area contributed by atoms with Crippen LogP contribution in [-0.2, 0) is 9.47 Å². The Morgan fingerprint density at radius 3 is 2.47 bits per heavy atom. The summed E-state index contributed by atoms with van der Waals surface area (Å²) in [7, 11) is 1.63. The van der Waals surface area contributed by atoms with Crippen molar-refractivity contribution in [3.63, 3.8) is 0 Å². The summed E-state index contributed by atoms with van der Waals surface area (Å²) in [5, 5.41) is 3.93. The van der Waals surface area contributed by atoms with Crippen LogP contribution in [0.4, 0.5) is 5.69 Å². The molecule has 0 radical (unpaired) electrons. The molecule has 19 heavy (non-hydrogen) atoms. The maximum Gasteiger partial charge on any atom is 0.159 e. The number of hydrogen-bond acceptors (Lipinski definition) is 4. The highest BCUT2D eigenvalue weighted by Gasteiger charge is 2.08. The molecule has 0 fully saturated rings. The summed E-state index contributed by atoms with van der Waals surface area (Å²) >= 11 is 6.11. The van der Waals surface area contributed by atoms with Gasteiger partial charge < -0.3 is 19.5 Å². The molecule has 0 saturated heterocycles. The third-order valence-corrected chi connectivity index (χ3v) is 2.90. The molecule has 0 amide bonds. The Labute approximate surface area is 120 Å². The van der Waals surface area contributed by atoms with E-state index in [1.807, 2.05) is 32.0 Å². The van der Waals surface area contributed by atoms with E-state index in [4.69, 9.17) is 25.8 Å². The fraction of sp³-hybridized carbons (Fsp3) is 0.571. The van der Waals surface area contributed by atoms with E-state index in [9.17, 15) is 0 Å². The summed E-state index contributed by atoms with van der Waals surface area (Å²) < 4.78 is 16.1. The Bertz CT molecular complexity index is 368. The van der Waals surface area contributed by atoms with Gasteiger partial charge in [-0.15, -0.1) is 0 Å². The summed E-state index contributed by atoms with van der Waals surface area (Å²) in [5.41, 5.74) is 0.854. The van der Waals surface area contributed by atoms with E-state index >= 15 is 0 Å². The van der Waals surface area contributed by atoms with E-state index in [1.165, 1.54) is 0 Å². The Morgan fingerprint density at radius 1 is 1.21 bits per heavy atom. The fourth-order valence-corrected chi connectivity index (χ4v) is 1.86. The smallest absolute Gasteiger partial charge is 0.159 e. The number of methoxy groups -OCH3 is 1. The molecule has 0 bridgehead atoms. The molecule has 1 aromatic carbocycles. The molecule has 0 aromatic heterocycles. The lowest BCUT2D eigenvalue weighted by molar-refractivity contribution is -0.137. The van der Waals surface area contributed by atoms with Gasteiger partial charge in [-0.3, -0.25) is 0 Å². The van der Waals surface area contributed by atoms with E-state index in [2.05, 4.69) is 5.32 Å². The molecule has 0 aliphatic heterocycles. The topological polar surface area (TPSA) is 39.7 Å². The number of halogens is 1. The average molecular weight is 288 g/mol. The predicted molar refractivity (Wildman–Crippen MR) is 78.2 cm³/mol. The number of benzene rings is 1. The highest BCUT2D eigenvalue weighted by molar-refractivity contribution is 6.33. The van der Waals surface area contributed by atoms with Gasteiger partial charge >= 0.3 is 0 Å². The predicted octanol–water partition coefficient (Wildman–Crippen LogP) is 3.55. The van der Waals surface area contributed by atoms with Crippen LogP contribution >= 0.6 is 11.6 Å². The lowest BCUT2D eigenvalue weighted by atomic mass is 10.3. The highest BCUT2D eigenvalue weighted by Crippen LogP contribution is 2.26. The van der Waals surface area contributed by atoms with Gasteiger partial charge in [-0.25, -0.2) is 0 Å². The summed E-state index contributed by atoms with van der Waals surface area (Å²) in [6.07, 6.45) is 0.585. The molecule has 0 aliphatic carbocycles. The molecule has 108 valence electrons. The maximum atomic E-state index is 6.11. The molecule has 0 aliphatic rings. The van der Waals surface area contributed by atoms with Crippen molar-refractivity contribution in [1.82, 2.24) is 0 Å². The summed E-state index contributed by atoms with van der Waals surface area (Å²) in [4.78, 5) is 0. The minimum Gasteiger partial charge on any atom is -0.497 e. The minimum absolute atomic E-state index is 0.174. The molecule has 0 heterocycles. The monoisotopic (exact) mass is 287 g/mol. The molecule has 0 saturated carbocycles. The Kier molecular flexibility index (Phi) is 7.63. The SMILES string of the molecule is CCOC(CCNc1cc(OC)ccc1Cl)OCC. The quantitative estimate of drug-likeness (QED) is 0.705. The number of anilines is 1. The van der Waals surface area contributed by atoms with Crippen LogP contribution in [0.5, 0.6) is 5.75 Å². The van der Waals surface area contributed by atoms with Crippen molar-refractivity contribution in [2.45, 2.75) is 26.6 Å². The van der Waals surface area contributed by atoms with Crippen molar-refractivity contribution in [2.75, 3.05) is 32.2 Å². The van der Waals surface area contributed by atoms with Crippen LogP contribution in [0.15, 0.2) is 18.2 Å². The van der Waals surface area contributed by atoms with Crippen LogP contribution in [-0.4, -0.2) is 33.2 Å². The van der Waals surface area contributed by atoms with Crippen LogP contribution < -0.4 is 10.1 Å². The van der Waals surface area contributed by atoms with E-state index in [1.54, 1.807) is 7.11 Å². The number of hydrogen-bond donors (Lipinski definition) is 1. The van der Waals surface area contributed by atoms with Gasteiger partial charge in [0.2, 0.25) is 0 Å². The van der Waals surface area contributed by atoms with Crippen molar-refractivity contribution >= 4 is 17.3 Å². The summed E-state index contributed by atoms with van der Waals surface area (Å²) in [6, 6.07) is 5.51. The molecule has 1 rings (SSSR count). The van der Waals surface area contributed by atoms with Gasteiger partial charge in [-0.2, -0.15) is 0 Å². The largest absolute Gasteiger partial charge is 0.497 e. The van der Waals surface area contributed by atoms with E-state index in [-0.39, 0.29) is 6.29 Å². The third kappa shape index (κ3) is 5.68. The molecule has 5 heteroatoms. The van der Waals surface area contributed by atoms with Crippen molar-refractivity contribution in [3.8, 4) is 5.75 Å². The first-order chi connectivity index (χ1) is 9.21. The van der Waals surface area contributed by atoms with Crippen molar-refractivity contribution in [3.05, 3.63) is 23.2 Å². The zero-order valence-electron chi connectivity index (χ0n) is 11.7. The van der Waals surface area contributed by atoms with Gasteiger partial charge in [0.25, 0.3) is 0 Å². The molecule has 1 N–H and O–H groups in total. The first-order valence-corrected chi connectivity index (χ1v) is 6.89. The average Bonchev–Trinajstić information content (AvgIpc) is 2.41. The summed E-state index contributed by atoms with van der Waals surface area (Å²) in [6.45, 7) is 5.92. The van der Waals surface area contributed by atoms with E-state index in [0.717, 1.165) is 24.4 Å². The van der Waals surface area contributed by atoms with Crippen molar-refractivity contribution in [2.24, 2.45) is 0 Å². The molecule has 0 unspecified atom stereocenters. The van der Waals surface area contributed by atoms with E-state index < -0.39 is 0 Å². The Hall–Kier alpha value is -0.970. The molecule has 1 aromatic rings. The zero-order valence-corrected chi connectivity index (χ0v) is 12.5.